The van der Waals surface area contributed by atoms with E-state index in [9.17, 15) is 20.0 Å². The van der Waals surface area contributed by atoms with E-state index in [2.05, 4.69) is 30.0 Å². The smallest absolute Gasteiger partial charge is 0.410 e. The highest BCUT2D eigenvalue weighted by atomic mass is 16.6. The maximum Gasteiger partial charge on any atom is 0.410 e. The van der Waals surface area contributed by atoms with Crippen molar-refractivity contribution in [3.8, 4) is 6.07 Å². The summed E-state index contributed by atoms with van der Waals surface area (Å²) in [6, 6.07) is 13.7. The number of hydrogen-bond donors (Lipinski definition) is 1. The number of aliphatic hydroxyl groups excluding tert-OH is 1. The molecule has 0 saturated carbocycles. The van der Waals surface area contributed by atoms with Crippen LogP contribution in [-0.4, -0.2) is 77.9 Å². The molecule has 2 aromatic carbocycles. The molecule has 8 nitrogen and oxygen atoms in total. The molecule has 2 aliphatic heterocycles. The summed E-state index contributed by atoms with van der Waals surface area (Å²) >= 11 is 0. The van der Waals surface area contributed by atoms with Gasteiger partial charge in [-0.3, -0.25) is 9.69 Å². The monoisotopic (exact) mass is 562 g/mol. The number of anilines is 1. The van der Waals surface area contributed by atoms with Crippen LogP contribution in [0.5, 0.6) is 0 Å². The first kappa shape index (κ1) is 32.0. The molecule has 4 rings (SSSR count). The second-order valence-electron chi connectivity index (χ2n) is 12.1. The summed E-state index contributed by atoms with van der Waals surface area (Å²) in [5, 5.41) is 19.5. The molecule has 0 spiro atoms. The van der Waals surface area contributed by atoms with Gasteiger partial charge in [0.1, 0.15) is 11.7 Å². The summed E-state index contributed by atoms with van der Waals surface area (Å²) in [4.78, 5) is 31.9. The Morgan fingerprint density at radius 2 is 1.73 bits per heavy atom. The van der Waals surface area contributed by atoms with Crippen LogP contribution in [0.25, 0.3) is 0 Å². The van der Waals surface area contributed by atoms with Crippen LogP contribution in [0, 0.1) is 31.1 Å². The predicted molar refractivity (Wildman–Crippen MR) is 162 cm³/mol. The van der Waals surface area contributed by atoms with E-state index in [1.807, 2.05) is 52.0 Å². The molecule has 2 saturated heterocycles. The van der Waals surface area contributed by atoms with Gasteiger partial charge in [-0.2, -0.15) is 5.26 Å². The fraction of sp³-hybridized carbons (Fsp3) is 0.545. The molecule has 2 aromatic rings. The molecule has 0 aromatic heterocycles. The van der Waals surface area contributed by atoms with E-state index in [0.717, 1.165) is 43.6 Å². The number of aliphatic hydroxyl groups is 1. The van der Waals surface area contributed by atoms with Crippen molar-refractivity contribution in [1.29, 1.82) is 5.26 Å². The Kier molecular flexibility index (Phi) is 10.4. The van der Waals surface area contributed by atoms with Gasteiger partial charge in [0.25, 0.3) is 5.91 Å². The van der Waals surface area contributed by atoms with Crippen LogP contribution in [0.2, 0.25) is 0 Å². The van der Waals surface area contributed by atoms with Gasteiger partial charge in [0.05, 0.1) is 23.9 Å². The molecule has 8 heteroatoms. The van der Waals surface area contributed by atoms with Crippen molar-refractivity contribution in [2.75, 3.05) is 44.2 Å². The number of nitrogens with zero attached hydrogens (tertiary/aromatic N) is 4. The minimum absolute atomic E-state index is 0. The van der Waals surface area contributed by atoms with Crippen molar-refractivity contribution in [3.05, 3.63) is 64.2 Å². The molecule has 0 radical (unpaired) electrons. The number of piperazine rings is 1. The average molecular weight is 563 g/mol. The van der Waals surface area contributed by atoms with Gasteiger partial charge in [0.2, 0.25) is 0 Å². The molecule has 2 fully saturated rings. The van der Waals surface area contributed by atoms with Gasteiger partial charge in [-0.05, 0) is 94.7 Å². The molecule has 1 N–H and O–H groups in total. The van der Waals surface area contributed by atoms with Gasteiger partial charge in [-0.1, -0.05) is 25.6 Å². The van der Waals surface area contributed by atoms with E-state index < -0.39 is 17.7 Å². The van der Waals surface area contributed by atoms with Crippen molar-refractivity contribution < 1.29 is 19.4 Å². The highest BCUT2D eigenvalue weighted by molar-refractivity contribution is 5.96. The zero-order chi connectivity index (χ0) is 29.0. The summed E-state index contributed by atoms with van der Waals surface area (Å²) < 4.78 is 5.51. The molecule has 41 heavy (non-hydrogen) atoms. The van der Waals surface area contributed by atoms with Crippen LogP contribution >= 0.6 is 0 Å². The molecule has 0 unspecified atom stereocenters. The quantitative estimate of drug-likeness (QED) is 0.530. The van der Waals surface area contributed by atoms with Crippen LogP contribution < -0.4 is 4.90 Å². The number of carbonyl (C=O) groups excluding carboxylic acids is 2. The minimum atomic E-state index is -0.628. The maximum atomic E-state index is 13.7. The number of para-hydroxylation sites is 1. The van der Waals surface area contributed by atoms with Crippen LogP contribution in [0.15, 0.2) is 36.4 Å². The number of nitriles is 1. The SMILES string of the molecule is C.Cc1cc(C)c(C(=O)N2CCN(C(=O)OC(C)(C)C)[C@H](CO)C2)cc1CC1CCN(c2ccccc2C#N)CC1. The van der Waals surface area contributed by atoms with Gasteiger partial charge in [-0.25, -0.2) is 4.79 Å². The summed E-state index contributed by atoms with van der Waals surface area (Å²) in [6.07, 6.45) is 2.50. The Morgan fingerprint density at radius 1 is 1.05 bits per heavy atom. The normalized spacial score (nSPS) is 18.0. The lowest BCUT2D eigenvalue weighted by molar-refractivity contribution is -0.00986. The maximum absolute atomic E-state index is 13.7. The fourth-order valence-corrected chi connectivity index (χ4v) is 5.81. The Morgan fingerprint density at radius 3 is 2.37 bits per heavy atom. The summed E-state index contributed by atoms with van der Waals surface area (Å²) in [5.41, 5.74) is 5.10. The first-order valence-electron chi connectivity index (χ1n) is 14.2. The van der Waals surface area contributed by atoms with Crippen molar-refractivity contribution >= 4 is 17.7 Å². The van der Waals surface area contributed by atoms with Gasteiger partial charge < -0.3 is 19.6 Å². The zero-order valence-corrected chi connectivity index (χ0v) is 24.4. The van der Waals surface area contributed by atoms with Gasteiger partial charge in [0.15, 0.2) is 0 Å². The van der Waals surface area contributed by atoms with E-state index in [1.54, 1.807) is 4.90 Å². The lowest BCUT2D eigenvalue weighted by atomic mass is 9.86. The number of benzene rings is 2. The number of carbonyl (C=O) groups is 2. The second-order valence-corrected chi connectivity index (χ2v) is 12.1. The molecule has 0 bridgehead atoms. The van der Waals surface area contributed by atoms with E-state index in [0.29, 0.717) is 30.1 Å². The number of aryl methyl sites for hydroxylation is 2. The molecular weight excluding hydrogens is 516 g/mol. The molecule has 2 heterocycles. The van der Waals surface area contributed by atoms with Gasteiger partial charge in [-0.15, -0.1) is 0 Å². The highest BCUT2D eigenvalue weighted by Crippen LogP contribution is 2.30. The molecule has 222 valence electrons. The van der Waals surface area contributed by atoms with Crippen LogP contribution in [0.1, 0.15) is 73.7 Å². The number of amides is 2. The molecule has 1 atom stereocenters. The first-order valence-corrected chi connectivity index (χ1v) is 14.2. The van der Waals surface area contributed by atoms with Crippen molar-refractivity contribution in [3.63, 3.8) is 0 Å². The topological polar surface area (TPSA) is 97.1 Å². The standard InChI is InChI=1S/C32H42N4O4.CH4/c1-22-16-23(2)28(30(38)35-14-15-36(27(20-35)21-37)31(39)40-32(3,4)5)18-26(22)17-24-10-12-34(13-11-24)29-9-7-6-8-25(29)19-33;/h6-9,16,18,24,27,37H,10-15,17,20-21H2,1-5H3;1H4/t27-;/m0./s1. The van der Waals surface area contributed by atoms with Crippen molar-refractivity contribution in [1.82, 2.24) is 9.80 Å². The second kappa shape index (κ2) is 13.4. The molecule has 2 amide bonds. The Bertz CT molecular complexity index is 1270. The zero-order valence-electron chi connectivity index (χ0n) is 24.4. The van der Waals surface area contributed by atoms with Gasteiger partial charge >= 0.3 is 6.09 Å². The van der Waals surface area contributed by atoms with E-state index in [-0.39, 0.29) is 26.5 Å². The Labute approximate surface area is 245 Å². The van der Waals surface area contributed by atoms with Crippen LogP contribution in [-0.2, 0) is 11.2 Å². The van der Waals surface area contributed by atoms with Gasteiger partial charge in [0, 0.05) is 38.3 Å². The number of rotatable bonds is 5. The van der Waals surface area contributed by atoms with E-state index in [1.165, 1.54) is 16.0 Å². The summed E-state index contributed by atoms with van der Waals surface area (Å²) in [5.74, 6) is 0.440. The molecular formula is C33H46N4O4. The Hall–Kier alpha value is -3.57. The van der Waals surface area contributed by atoms with E-state index >= 15 is 0 Å². The number of ether oxygens (including phenoxy) is 1. The number of piperidine rings is 1. The largest absolute Gasteiger partial charge is 0.444 e. The third-order valence-corrected chi connectivity index (χ3v) is 8.01. The van der Waals surface area contributed by atoms with E-state index in [4.69, 9.17) is 4.74 Å². The summed E-state index contributed by atoms with van der Waals surface area (Å²) in [7, 11) is 0. The fourth-order valence-electron chi connectivity index (χ4n) is 5.81. The number of hydrogen-bond acceptors (Lipinski definition) is 6. The average Bonchev–Trinajstić information content (AvgIpc) is 2.93. The third kappa shape index (κ3) is 7.59. The van der Waals surface area contributed by atoms with Crippen molar-refractivity contribution in [2.45, 2.75) is 73.0 Å². The van der Waals surface area contributed by atoms with Crippen LogP contribution in [0.4, 0.5) is 10.5 Å². The minimum Gasteiger partial charge on any atom is -0.444 e. The Balaban J connectivity index is 0.00000462. The first-order chi connectivity index (χ1) is 19.0. The highest BCUT2D eigenvalue weighted by Gasteiger charge is 2.35. The third-order valence-electron chi connectivity index (χ3n) is 8.01. The van der Waals surface area contributed by atoms with Crippen LogP contribution in [0.3, 0.4) is 0 Å². The lowest BCUT2D eigenvalue weighted by Gasteiger charge is -2.41. The molecule has 2 aliphatic rings. The lowest BCUT2D eigenvalue weighted by Crippen LogP contribution is -2.58. The summed E-state index contributed by atoms with van der Waals surface area (Å²) in [6.45, 7) is 12.1. The molecule has 0 aliphatic carbocycles. The predicted octanol–water partition coefficient (Wildman–Crippen LogP) is 5.32. The van der Waals surface area contributed by atoms with Crippen molar-refractivity contribution in [2.24, 2.45) is 5.92 Å².